The van der Waals surface area contributed by atoms with Crippen LogP contribution < -0.4 is 15.4 Å². The highest BCUT2D eigenvalue weighted by molar-refractivity contribution is 6.18. The lowest BCUT2D eigenvalue weighted by Crippen LogP contribution is -2.36. The van der Waals surface area contributed by atoms with Crippen LogP contribution in [0.25, 0.3) is 22.2 Å². The lowest BCUT2D eigenvalue weighted by Gasteiger charge is -2.24. The smallest absolute Gasteiger partial charge is 0.410 e. The molecule has 1 aromatic carbocycles. The summed E-state index contributed by atoms with van der Waals surface area (Å²) in [5.74, 6) is -1.42. The molecule has 0 radical (unpaired) electrons. The van der Waals surface area contributed by atoms with Gasteiger partial charge in [-0.1, -0.05) is 0 Å². The fourth-order valence-corrected chi connectivity index (χ4v) is 4.90. The number of nitrogens with one attached hydrogen (secondary N) is 4. The van der Waals surface area contributed by atoms with Crippen molar-refractivity contribution in [3.05, 3.63) is 48.2 Å². The number of benzene rings is 1. The van der Waals surface area contributed by atoms with E-state index in [9.17, 15) is 23.2 Å². The summed E-state index contributed by atoms with van der Waals surface area (Å²) in [5, 5.41) is 24.6. The number of rotatable bonds is 9. The minimum atomic E-state index is -3.19. The second-order valence-electron chi connectivity index (χ2n) is 11.3. The molecule has 1 atom stereocenters. The van der Waals surface area contributed by atoms with Gasteiger partial charge >= 0.3 is 12.7 Å². The van der Waals surface area contributed by atoms with Crippen LogP contribution >= 0.6 is 0 Å². The summed E-state index contributed by atoms with van der Waals surface area (Å²) < 4.78 is 38.8. The molecule has 1 saturated heterocycles. The van der Waals surface area contributed by atoms with Crippen LogP contribution in [0, 0.1) is 11.3 Å². The molecular formula is C29H31F2N9O5. The molecule has 0 spiro atoms. The number of likely N-dealkylation sites (tertiary alicyclic amines) is 1. The van der Waals surface area contributed by atoms with E-state index in [1.54, 1.807) is 33.0 Å². The number of carbonyl (C=O) groups is 3. The Morgan fingerprint density at radius 2 is 2.07 bits per heavy atom. The van der Waals surface area contributed by atoms with Crippen molar-refractivity contribution in [3.8, 4) is 17.0 Å². The first kappa shape index (κ1) is 31.0. The van der Waals surface area contributed by atoms with Crippen molar-refractivity contribution in [2.24, 2.45) is 10.9 Å². The predicted octanol–water partition coefficient (Wildman–Crippen LogP) is 3.84. The van der Waals surface area contributed by atoms with Crippen LogP contribution in [0.3, 0.4) is 0 Å². The normalized spacial score (nSPS) is 17.4. The Kier molecular flexibility index (Phi) is 8.74. The lowest BCUT2D eigenvalue weighted by molar-refractivity contribution is -0.123. The first-order valence-corrected chi connectivity index (χ1v) is 13.9. The number of ether oxygens (including phenoxy) is 2. The second-order valence-corrected chi connectivity index (χ2v) is 11.3. The lowest BCUT2D eigenvalue weighted by atomic mass is 10.0. The van der Waals surface area contributed by atoms with Gasteiger partial charge in [0, 0.05) is 60.8 Å². The van der Waals surface area contributed by atoms with E-state index in [2.05, 4.69) is 30.9 Å². The van der Waals surface area contributed by atoms with E-state index in [-0.39, 0.29) is 53.0 Å². The number of fused-ring (bicyclic) bond motifs is 1. The van der Waals surface area contributed by atoms with E-state index in [0.717, 1.165) is 6.21 Å². The number of allylic oxidation sites excluding steroid dienone is 1. The van der Waals surface area contributed by atoms with E-state index in [1.807, 2.05) is 0 Å². The molecule has 236 valence electrons. The molecule has 0 aliphatic carbocycles. The van der Waals surface area contributed by atoms with Gasteiger partial charge < -0.3 is 30.4 Å². The number of halogens is 2. The number of carbonyl (C=O) groups excluding carboxylic acids is 3. The van der Waals surface area contributed by atoms with Gasteiger partial charge in [-0.05, 0) is 39.3 Å². The third-order valence-corrected chi connectivity index (χ3v) is 6.95. The number of aromatic nitrogens is 4. The first-order chi connectivity index (χ1) is 21.4. The molecule has 2 aliphatic rings. The molecule has 2 aromatic heterocycles. The molecule has 2 aliphatic heterocycles. The Labute approximate surface area is 255 Å². The number of anilines is 1. The van der Waals surface area contributed by atoms with Gasteiger partial charge in [0.25, 0.3) is 5.91 Å². The zero-order valence-corrected chi connectivity index (χ0v) is 24.6. The van der Waals surface area contributed by atoms with Gasteiger partial charge in [0.15, 0.2) is 5.78 Å². The van der Waals surface area contributed by atoms with Gasteiger partial charge in [0.2, 0.25) is 0 Å². The second kappa shape index (κ2) is 12.7. The number of aromatic amines is 1. The first-order valence-electron chi connectivity index (χ1n) is 13.9. The number of Topliss-reactive ketones (excluding diaryl/α,β-unsaturated/α-hetero) is 1. The minimum absolute atomic E-state index is 0.0790. The standard InChI is InChI=1S/C29H31F2N9O5/c1-29(2,3)45-28(43)39-8-5-16(14-39)22(41)15-40-21-10-23(44-27(30)31)18(9-17(21)12-36-40)24-20(13-35-38-24)37-26(42)19(11-32)25-33-6-4-7-34-25/h4,6-7,9-13,16,27,32-33H,5,8,14-15H2,1-3H3,(H,35,38)(H,37,42)/b25-19-,32-11?. The summed E-state index contributed by atoms with van der Waals surface area (Å²) in [5.41, 5.74) is -0.0399. The van der Waals surface area contributed by atoms with Gasteiger partial charge in [-0.3, -0.25) is 19.4 Å². The predicted molar refractivity (Wildman–Crippen MR) is 160 cm³/mol. The van der Waals surface area contributed by atoms with Crippen molar-refractivity contribution in [1.29, 1.82) is 5.41 Å². The molecule has 1 unspecified atom stereocenters. The SMILES string of the molecule is CC(C)(C)OC(=O)N1CCC(C(=O)Cn2ncc3cc(-c4n[nH]cc4NC(=O)/C(C=N)=C4\N=CC=CN4)c(OC(F)F)cc32)C1. The van der Waals surface area contributed by atoms with Gasteiger partial charge in [-0.15, -0.1) is 0 Å². The third kappa shape index (κ3) is 7.05. The van der Waals surface area contributed by atoms with E-state index < -0.39 is 30.1 Å². The number of ketones is 1. The molecular weight excluding hydrogens is 592 g/mol. The maximum atomic E-state index is 13.6. The summed E-state index contributed by atoms with van der Waals surface area (Å²) in [6.45, 7) is 2.54. The van der Waals surface area contributed by atoms with Crippen molar-refractivity contribution >= 4 is 46.8 Å². The average molecular weight is 624 g/mol. The monoisotopic (exact) mass is 623 g/mol. The minimum Gasteiger partial charge on any atom is -0.444 e. The number of amides is 2. The van der Waals surface area contributed by atoms with Crippen molar-refractivity contribution in [1.82, 2.24) is 30.2 Å². The van der Waals surface area contributed by atoms with Crippen molar-refractivity contribution < 1.29 is 32.6 Å². The number of nitrogens with zero attached hydrogens (tertiary/aromatic N) is 5. The zero-order valence-electron chi connectivity index (χ0n) is 24.6. The number of H-pyrrole nitrogens is 1. The van der Waals surface area contributed by atoms with Crippen LogP contribution in [0.4, 0.5) is 19.3 Å². The number of alkyl halides is 2. The van der Waals surface area contributed by atoms with E-state index in [1.165, 1.54) is 40.3 Å². The zero-order chi connectivity index (χ0) is 32.3. The highest BCUT2D eigenvalue weighted by Gasteiger charge is 2.33. The summed E-state index contributed by atoms with van der Waals surface area (Å²) in [7, 11) is 0. The van der Waals surface area contributed by atoms with Crippen LogP contribution in [0.1, 0.15) is 27.2 Å². The van der Waals surface area contributed by atoms with Crippen molar-refractivity contribution in [2.75, 3.05) is 18.4 Å². The fourth-order valence-electron chi connectivity index (χ4n) is 4.90. The number of hydrogen-bond donors (Lipinski definition) is 4. The largest absolute Gasteiger partial charge is 0.444 e. The molecule has 3 aromatic rings. The van der Waals surface area contributed by atoms with Crippen LogP contribution in [-0.2, 0) is 20.9 Å². The van der Waals surface area contributed by atoms with Gasteiger partial charge in [-0.25, -0.2) is 9.79 Å². The van der Waals surface area contributed by atoms with Crippen LogP contribution in [-0.4, -0.2) is 80.4 Å². The van der Waals surface area contributed by atoms with Crippen molar-refractivity contribution in [2.45, 2.75) is 45.9 Å². The Balaban J connectivity index is 1.38. The third-order valence-electron chi connectivity index (χ3n) is 6.95. The summed E-state index contributed by atoms with van der Waals surface area (Å²) in [6, 6.07) is 2.84. The van der Waals surface area contributed by atoms with Crippen LogP contribution in [0.5, 0.6) is 5.75 Å². The molecule has 0 bridgehead atoms. The van der Waals surface area contributed by atoms with Crippen molar-refractivity contribution in [3.63, 3.8) is 0 Å². The topological polar surface area (TPSA) is 180 Å². The molecule has 4 N–H and O–H groups in total. The average Bonchev–Trinajstić information content (AvgIpc) is 3.73. The Morgan fingerprint density at radius 1 is 1.27 bits per heavy atom. The highest BCUT2D eigenvalue weighted by Crippen LogP contribution is 2.38. The molecule has 14 nitrogen and oxygen atoms in total. The molecule has 16 heteroatoms. The number of hydrogen-bond acceptors (Lipinski definition) is 10. The summed E-state index contributed by atoms with van der Waals surface area (Å²) in [4.78, 5) is 44.2. The van der Waals surface area contributed by atoms with Gasteiger partial charge in [-0.2, -0.15) is 19.0 Å². The Morgan fingerprint density at radius 3 is 2.76 bits per heavy atom. The van der Waals surface area contributed by atoms with E-state index in [0.29, 0.717) is 23.9 Å². The van der Waals surface area contributed by atoms with Gasteiger partial charge in [0.1, 0.15) is 29.4 Å². The molecule has 45 heavy (non-hydrogen) atoms. The Hall–Kier alpha value is -5.41. The Bertz CT molecular complexity index is 1730. The van der Waals surface area contributed by atoms with Crippen LogP contribution in [0.2, 0.25) is 0 Å². The van der Waals surface area contributed by atoms with Crippen LogP contribution in [0.15, 0.2) is 53.2 Å². The molecule has 5 rings (SSSR count). The summed E-state index contributed by atoms with van der Waals surface area (Å²) >= 11 is 0. The fraction of sp³-hybridized carbons (Fsp3) is 0.345. The molecule has 2 amide bonds. The summed E-state index contributed by atoms with van der Waals surface area (Å²) in [6.07, 6.45) is 8.26. The van der Waals surface area contributed by atoms with E-state index >= 15 is 0 Å². The molecule has 0 saturated carbocycles. The number of aliphatic imine (C=N–C) groups is 1. The van der Waals surface area contributed by atoms with E-state index in [4.69, 9.17) is 14.9 Å². The molecule has 4 heterocycles. The maximum Gasteiger partial charge on any atom is 0.410 e. The van der Waals surface area contributed by atoms with Gasteiger partial charge in [0.05, 0.1) is 23.0 Å². The molecule has 1 fully saturated rings. The maximum absolute atomic E-state index is 13.6. The highest BCUT2D eigenvalue weighted by atomic mass is 19.3. The quantitative estimate of drug-likeness (QED) is 0.205.